The molecule has 0 saturated heterocycles. The fourth-order valence-electron chi connectivity index (χ4n) is 3.21. The van der Waals surface area contributed by atoms with Gasteiger partial charge in [-0.25, -0.2) is 12.8 Å². The standard InChI is InChI=1S/C22H28FN3O4S/c1-4-20(22(28)24-5-2)25(15-17-9-7-6-8-10-17)21(27)16-26(31(3,29)30)19-13-11-18(23)12-14-19/h6-14,20H,4-5,15-16H2,1-3H3,(H,24,28). The highest BCUT2D eigenvalue weighted by Gasteiger charge is 2.31. The molecule has 168 valence electrons. The molecule has 1 atom stereocenters. The van der Waals surface area contributed by atoms with Crippen molar-refractivity contribution in [1.82, 2.24) is 10.2 Å². The van der Waals surface area contributed by atoms with Gasteiger partial charge in [0.1, 0.15) is 18.4 Å². The third-order valence-corrected chi connectivity index (χ3v) is 5.87. The minimum Gasteiger partial charge on any atom is -0.355 e. The molecule has 1 N–H and O–H groups in total. The topological polar surface area (TPSA) is 86.8 Å². The van der Waals surface area contributed by atoms with Gasteiger partial charge in [-0.1, -0.05) is 37.3 Å². The quantitative estimate of drug-likeness (QED) is 0.604. The van der Waals surface area contributed by atoms with Gasteiger partial charge < -0.3 is 10.2 Å². The van der Waals surface area contributed by atoms with Crippen LogP contribution >= 0.6 is 0 Å². The van der Waals surface area contributed by atoms with Crippen LogP contribution in [0.3, 0.4) is 0 Å². The first kappa shape index (κ1) is 24.3. The van der Waals surface area contributed by atoms with E-state index in [0.29, 0.717) is 13.0 Å². The predicted molar refractivity (Wildman–Crippen MR) is 118 cm³/mol. The summed E-state index contributed by atoms with van der Waals surface area (Å²) in [6, 6.07) is 13.3. The first-order valence-electron chi connectivity index (χ1n) is 10.0. The number of hydrogen-bond acceptors (Lipinski definition) is 4. The summed E-state index contributed by atoms with van der Waals surface area (Å²) in [6.45, 7) is 3.63. The fraction of sp³-hybridized carbons (Fsp3) is 0.364. The molecule has 9 heteroatoms. The van der Waals surface area contributed by atoms with Gasteiger partial charge in [-0.05, 0) is 43.2 Å². The first-order valence-corrected chi connectivity index (χ1v) is 11.9. The van der Waals surface area contributed by atoms with Crippen LogP contribution in [0.15, 0.2) is 54.6 Å². The molecule has 2 aromatic rings. The van der Waals surface area contributed by atoms with E-state index in [1.807, 2.05) is 30.3 Å². The number of halogens is 1. The van der Waals surface area contributed by atoms with Crippen LogP contribution in [0.2, 0.25) is 0 Å². The Morgan fingerprint density at radius 1 is 1.03 bits per heavy atom. The molecule has 0 radical (unpaired) electrons. The number of benzene rings is 2. The molecule has 0 heterocycles. The maximum atomic E-state index is 13.3. The lowest BCUT2D eigenvalue weighted by molar-refractivity contribution is -0.140. The Morgan fingerprint density at radius 2 is 1.65 bits per heavy atom. The van der Waals surface area contributed by atoms with E-state index in [2.05, 4.69) is 5.32 Å². The van der Waals surface area contributed by atoms with Crippen molar-refractivity contribution in [3.8, 4) is 0 Å². The van der Waals surface area contributed by atoms with Crippen molar-refractivity contribution in [3.05, 3.63) is 66.0 Å². The van der Waals surface area contributed by atoms with Crippen LogP contribution in [0.4, 0.5) is 10.1 Å². The molecule has 0 aromatic heterocycles. The molecule has 0 aliphatic carbocycles. The van der Waals surface area contributed by atoms with E-state index >= 15 is 0 Å². The summed E-state index contributed by atoms with van der Waals surface area (Å²) >= 11 is 0. The molecule has 2 amide bonds. The number of carbonyl (C=O) groups is 2. The summed E-state index contributed by atoms with van der Waals surface area (Å²) in [7, 11) is -3.83. The van der Waals surface area contributed by atoms with Crippen molar-refractivity contribution >= 4 is 27.5 Å². The predicted octanol–water partition coefficient (Wildman–Crippen LogP) is 2.54. The van der Waals surface area contributed by atoms with E-state index in [1.165, 1.54) is 17.0 Å². The van der Waals surface area contributed by atoms with Gasteiger partial charge in [0.2, 0.25) is 21.8 Å². The van der Waals surface area contributed by atoms with Crippen LogP contribution in [0.5, 0.6) is 0 Å². The Bertz CT molecular complexity index is 982. The van der Waals surface area contributed by atoms with E-state index in [9.17, 15) is 22.4 Å². The summed E-state index contributed by atoms with van der Waals surface area (Å²) < 4.78 is 39.0. The largest absolute Gasteiger partial charge is 0.355 e. The van der Waals surface area contributed by atoms with Gasteiger partial charge in [-0.2, -0.15) is 0 Å². The number of nitrogens with one attached hydrogen (secondary N) is 1. The molecule has 0 spiro atoms. The second kappa shape index (κ2) is 10.9. The van der Waals surface area contributed by atoms with Crippen molar-refractivity contribution in [1.29, 1.82) is 0 Å². The highest BCUT2D eigenvalue weighted by molar-refractivity contribution is 7.92. The minimum atomic E-state index is -3.83. The third kappa shape index (κ3) is 6.78. The fourth-order valence-corrected chi connectivity index (χ4v) is 4.06. The SMILES string of the molecule is CCNC(=O)C(CC)N(Cc1ccccc1)C(=O)CN(c1ccc(F)cc1)S(C)(=O)=O. The number of sulfonamides is 1. The summed E-state index contributed by atoms with van der Waals surface area (Å²) in [5, 5.41) is 2.73. The summed E-state index contributed by atoms with van der Waals surface area (Å²) in [5.74, 6) is -1.35. The van der Waals surface area contributed by atoms with Gasteiger partial charge in [0.25, 0.3) is 0 Å². The van der Waals surface area contributed by atoms with Crippen molar-refractivity contribution in [3.63, 3.8) is 0 Å². The number of anilines is 1. The molecule has 2 aromatic carbocycles. The smallest absolute Gasteiger partial charge is 0.244 e. The Labute approximate surface area is 182 Å². The Hall–Kier alpha value is -2.94. The molecular weight excluding hydrogens is 421 g/mol. The molecule has 7 nitrogen and oxygen atoms in total. The molecule has 0 fully saturated rings. The first-order chi connectivity index (χ1) is 14.7. The molecule has 0 bridgehead atoms. The van der Waals surface area contributed by atoms with Crippen LogP contribution in [-0.4, -0.2) is 50.5 Å². The molecule has 0 aliphatic rings. The maximum Gasteiger partial charge on any atom is 0.244 e. The number of carbonyl (C=O) groups excluding carboxylic acids is 2. The van der Waals surface area contributed by atoms with E-state index in [1.54, 1.807) is 13.8 Å². The van der Waals surface area contributed by atoms with E-state index < -0.39 is 34.3 Å². The van der Waals surface area contributed by atoms with Gasteiger partial charge in [-0.3, -0.25) is 13.9 Å². The molecular formula is C22H28FN3O4S. The highest BCUT2D eigenvalue weighted by atomic mass is 32.2. The van der Waals surface area contributed by atoms with Crippen molar-refractivity contribution in [2.45, 2.75) is 32.9 Å². The molecule has 0 saturated carbocycles. The molecule has 1 unspecified atom stereocenters. The maximum absolute atomic E-state index is 13.3. The van der Waals surface area contributed by atoms with Crippen LogP contribution in [0, 0.1) is 5.82 Å². The zero-order valence-corrected chi connectivity index (χ0v) is 18.7. The van der Waals surface area contributed by atoms with Gasteiger partial charge >= 0.3 is 0 Å². The Balaban J connectivity index is 2.39. The van der Waals surface area contributed by atoms with Gasteiger partial charge in [0, 0.05) is 13.1 Å². The van der Waals surface area contributed by atoms with Crippen molar-refractivity contribution in [2.75, 3.05) is 23.7 Å². The van der Waals surface area contributed by atoms with Gasteiger partial charge in [0.05, 0.1) is 11.9 Å². The van der Waals surface area contributed by atoms with Crippen LogP contribution < -0.4 is 9.62 Å². The molecule has 0 aliphatic heterocycles. The normalized spacial score (nSPS) is 12.1. The van der Waals surface area contributed by atoms with Crippen molar-refractivity contribution < 1.29 is 22.4 Å². The molecule has 31 heavy (non-hydrogen) atoms. The summed E-state index contributed by atoms with van der Waals surface area (Å²) in [5.41, 5.74) is 0.981. The number of hydrogen-bond donors (Lipinski definition) is 1. The second-order valence-corrected chi connectivity index (χ2v) is 8.98. The van der Waals surface area contributed by atoms with E-state index in [-0.39, 0.29) is 18.1 Å². The number of rotatable bonds is 10. The lowest BCUT2D eigenvalue weighted by Gasteiger charge is -2.32. The van der Waals surface area contributed by atoms with E-state index in [0.717, 1.165) is 28.3 Å². The lowest BCUT2D eigenvalue weighted by Crippen LogP contribution is -2.52. The van der Waals surface area contributed by atoms with Gasteiger partial charge in [0.15, 0.2) is 0 Å². The summed E-state index contributed by atoms with van der Waals surface area (Å²) in [6.07, 6.45) is 1.34. The Morgan fingerprint density at radius 3 is 2.16 bits per heavy atom. The Kier molecular flexibility index (Phi) is 8.56. The summed E-state index contributed by atoms with van der Waals surface area (Å²) in [4.78, 5) is 27.3. The minimum absolute atomic E-state index is 0.149. The van der Waals surface area contributed by atoms with Crippen LogP contribution in [0.25, 0.3) is 0 Å². The van der Waals surface area contributed by atoms with Crippen molar-refractivity contribution in [2.24, 2.45) is 0 Å². The average Bonchev–Trinajstić information content (AvgIpc) is 2.72. The molecule has 2 rings (SSSR count). The number of nitrogens with zero attached hydrogens (tertiary/aromatic N) is 2. The second-order valence-electron chi connectivity index (χ2n) is 7.07. The number of likely N-dealkylation sites (N-methyl/N-ethyl adjacent to an activating group) is 1. The van der Waals surface area contributed by atoms with E-state index in [4.69, 9.17) is 0 Å². The van der Waals surface area contributed by atoms with Crippen LogP contribution in [-0.2, 0) is 26.2 Å². The monoisotopic (exact) mass is 449 g/mol. The third-order valence-electron chi connectivity index (χ3n) is 4.73. The van der Waals surface area contributed by atoms with Gasteiger partial charge in [-0.15, -0.1) is 0 Å². The zero-order valence-electron chi connectivity index (χ0n) is 17.9. The number of amides is 2. The van der Waals surface area contributed by atoms with Crippen LogP contribution in [0.1, 0.15) is 25.8 Å². The highest BCUT2D eigenvalue weighted by Crippen LogP contribution is 2.20. The lowest BCUT2D eigenvalue weighted by atomic mass is 10.1. The zero-order chi connectivity index (χ0) is 23.0. The average molecular weight is 450 g/mol.